The Morgan fingerprint density at radius 2 is 2.47 bits per heavy atom. The zero-order valence-electron chi connectivity index (χ0n) is 10.1. The molecule has 0 spiro atoms. The van der Waals surface area contributed by atoms with Crippen molar-refractivity contribution in [2.75, 3.05) is 12.8 Å². The van der Waals surface area contributed by atoms with E-state index in [2.05, 4.69) is 22.8 Å². The van der Waals surface area contributed by atoms with Crippen molar-refractivity contribution >= 4 is 29.0 Å². The summed E-state index contributed by atoms with van der Waals surface area (Å²) < 4.78 is 0. The Kier molecular flexibility index (Phi) is 7.32. The number of hydrogen-bond acceptors (Lipinski definition) is 4. The third-order valence-electron chi connectivity index (χ3n) is 2.46. The van der Waals surface area contributed by atoms with E-state index in [4.69, 9.17) is 5.73 Å². The third-order valence-corrected chi connectivity index (χ3v) is 4.24. The molecule has 0 saturated heterocycles. The molecule has 1 heterocycles. The minimum absolute atomic E-state index is 0.0758. The van der Waals surface area contributed by atoms with E-state index in [0.29, 0.717) is 6.42 Å². The smallest absolute Gasteiger partial charge is 0.220 e. The van der Waals surface area contributed by atoms with Crippen molar-refractivity contribution in [2.24, 2.45) is 5.73 Å². The summed E-state index contributed by atoms with van der Waals surface area (Å²) in [4.78, 5) is 12.8. The van der Waals surface area contributed by atoms with Gasteiger partial charge in [0.15, 0.2) is 0 Å². The van der Waals surface area contributed by atoms with Crippen LogP contribution < -0.4 is 11.1 Å². The maximum atomic E-state index is 11.5. The van der Waals surface area contributed by atoms with E-state index in [-0.39, 0.29) is 11.3 Å². The second-order valence-electron chi connectivity index (χ2n) is 3.85. The molecule has 1 unspecified atom stereocenters. The Morgan fingerprint density at radius 3 is 3.12 bits per heavy atom. The average Bonchev–Trinajstić information content (AvgIpc) is 2.84. The first-order valence-electron chi connectivity index (χ1n) is 5.80. The number of nitrogens with one attached hydrogen (secondary N) is 1. The summed E-state index contributed by atoms with van der Waals surface area (Å²) in [6.45, 7) is 0.755. The van der Waals surface area contributed by atoms with Gasteiger partial charge in [0.05, 0.1) is 5.37 Å². The predicted octanol–water partition coefficient (Wildman–Crippen LogP) is 2.22. The molecule has 17 heavy (non-hydrogen) atoms. The molecule has 0 fully saturated rings. The van der Waals surface area contributed by atoms with Crippen molar-refractivity contribution in [3.05, 3.63) is 22.4 Å². The lowest BCUT2D eigenvalue weighted by Gasteiger charge is -2.08. The molecule has 0 saturated carbocycles. The Bertz CT molecular complexity index is 314. The zero-order valence-corrected chi connectivity index (χ0v) is 11.8. The lowest BCUT2D eigenvalue weighted by molar-refractivity contribution is -0.121. The summed E-state index contributed by atoms with van der Waals surface area (Å²) in [6.07, 6.45) is 5.28. The van der Waals surface area contributed by atoms with Crippen LogP contribution in [0.3, 0.4) is 0 Å². The summed E-state index contributed by atoms with van der Waals surface area (Å²) in [7, 11) is 0. The maximum Gasteiger partial charge on any atom is 0.220 e. The highest BCUT2D eigenvalue weighted by molar-refractivity contribution is 7.99. The monoisotopic (exact) mass is 272 g/mol. The molecule has 0 radical (unpaired) electrons. The number of aryl methyl sites for hydroxylation is 1. The van der Waals surface area contributed by atoms with Crippen molar-refractivity contribution in [1.29, 1.82) is 0 Å². The molecule has 1 aromatic heterocycles. The Hall–Kier alpha value is -0.520. The number of amides is 1. The van der Waals surface area contributed by atoms with Gasteiger partial charge in [-0.2, -0.15) is 0 Å². The van der Waals surface area contributed by atoms with E-state index in [1.165, 1.54) is 4.88 Å². The SMILES string of the molecule is CSC(N)CCC(=O)NCCCc1cccs1. The predicted molar refractivity (Wildman–Crippen MR) is 76.4 cm³/mol. The van der Waals surface area contributed by atoms with Crippen LogP contribution in [-0.2, 0) is 11.2 Å². The molecule has 1 aromatic rings. The lowest BCUT2D eigenvalue weighted by atomic mass is 10.2. The molecule has 1 rings (SSSR count). The van der Waals surface area contributed by atoms with Crippen LogP contribution in [0.4, 0.5) is 0 Å². The number of carbonyl (C=O) groups excluding carboxylic acids is 1. The van der Waals surface area contributed by atoms with Gasteiger partial charge in [-0.1, -0.05) is 6.07 Å². The van der Waals surface area contributed by atoms with Crippen molar-refractivity contribution in [1.82, 2.24) is 5.32 Å². The van der Waals surface area contributed by atoms with Crippen LogP contribution >= 0.6 is 23.1 Å². The molecule has 0 aliphatic heterocycles. The fourth-order valence-corrected chi connectivity index (χ4v) is 2.53. The standard InChI is InChI=1S/C12H20N2OS2/c1-16-11(13)6-7-12(15)14-8-2-4-10-5-3-9-17-10/h3,5,9,11H,2,4,6-8,13H2,1H3,(H,14,15). The fraction of sp³-hybridized carbons (Fsp3) is 0.583. The number of carbonyl (C=O) groups is 1. The van der Waals surface area contributed by atoms with Crippen molar-refractivity contribution in [3.63, 3.8) is 0 Å². The Balaban J connectivity index is 2.00. The normalized spacial score (nSPS) is 12.4. The van der Waals surface area contributed by atoms with Crippen molar-refractivity contribution in [2.45, 2.75) is 31.1 Å². The van der Waals surface area contributed by atoms with Gasteiger partial charge in [0, 0.05) is 17.8 Å². The number of nitrogens with two attached hydrogens (primary N) is 1. The molecule has 0 aromatic carbocycles. The average molecular weight is 272 g/mol. The second-order valence-corrected chi connectivity index (χ2v) is 5.95. The largest absolute Gasteiger partial charge is 0.356 e. The highest BCUT2D eigenvalue weighted by Crippen LogP contribution is 2.10. The van der Waals surface area contributed by atoms with Crippen molar-refractivity contribution in [3.8, 4) is 0 Å². The van der Waals surface area contributed by atoms with Crippen molar-refractivity contribution < 1.29 is 4.79 Å². The van der Waals surface area contributed by atoms with Crippen LogP contribution in [0.15, 0.2) is 17.5 Å². The highest BCUT2D eigenvalue weighted by atomic mass is 32.2. The van der Waals surface area contributed by atoms with Crippen LogP contribution in [0, 0.1) is 0 Å². The first-order chi connectivity index (χ1) is 8.22. The van der Waals surface area contributed by atoms with Crippen LogP contribution in [0.2, 0.25) is 0 Å². The van der Waals surface area contributed by atoms with E-state index in [1.807, 2.05) is 6.26 Å². The van der Waals surface area contributed by atoms with Crippen LogP contribution in [0.1, 0.15) is 24.1 Å². The number of thiophene rings is 1. The van der Waals surface area contributed by atoms with Gasteiger partial charge in [0.1, 0.15) is 0 Å². The summed E-state index contributed by atoms with van der Waals surface area (Å²) in [5.41, 5.74) is 5.72. The second kappa shape index (κ2) is 8.55. The Morgan fingerprint density at radius 1 is 1.65 bits per heavy atom. The molecule has 3 nitrogen and oxygen atoms in total. The van der Waals surface area contributed by atoms with Gasteiger partial charge < -0.3 is 11.1 Å². The van der Waals surface area contributed by atoms with E-state index in [1.54, 1.807) is 23.1 Å². The van der Waals surface area contributed by atoms with E-state index < -0.39 is 0 Å². The number of rotatable bonds is 8. The summed E-state index contributed by atoms with van der Waals surface area (Å²) in [5, 5.41) is 5.08. The molecular formula is C12H20N2OS2. The van der Waals surface area contributed by atoms with Gasteiger partial charge in [0.25, 0.3) is 0 Å². The summed E-state index contributed by atoms with van der Waals surface area (Å²) in [5.74, 6) is 0.112. The maximum absolute atomic E-state index is 11.5. The van der Waals surface area contributed by atoms with Gasteiger partial charge in [0.2, 0.25) is 5.91 Å². The van der Waals surface area contributed by atoms with E-state index in [0.717, 1.165) is 25.8 Å². The summed E-state index contributed by atoms with van der Waals surface area (Å²) >= 11 is 3.36. The zero-order chi connectivity index (χ0) is 12.5. The highest BCUT2D eigenvalue weighted by Gasteiger charge is 2.05. The quantitative estimate of drug-likeness (QED) is 0.563. The van der Waals surface area contributed by atoms with E-state index >= 15 is 0 Å². The molecule has 3 N–H and O–H groups in total. The van der Waals surface area contributed by atoms with Crippen LogP contribution in [0.5, 0.6) is 0 Å². The molecular weight excluding hydrogens is 252 g/mol. The molecule has 0 aliphatic rings. The molecule has 1 atom stereocenters. The number of hydrogen-bond donors (Lipinski definition) is 2. The van der Waals surface area contributed by atoms with E-state index in [9.17, 15) is 4.79 Å². The van der Waals surface area contributed by atoms with Gasteiger partial charge >= 0.3 is 0 Å². The molecule has 96 valence electrons. The van der Waals surface area contributed by atoms with Crippen LogP contribution in [0.25, 0.3) is 0 Å². The minimum Gasteiger partial charge on any atom is -0.356 e. The fourth-order valence-electron chi connectivity index (χ4n) is 1.42. The molecule has 1 amide bonds. The lowest BCUT2D eigenvalue weighted by Crippen LogP contribution is -2.26. The topological polar surface area (TPSA) is 55.1 Å². The van der Waals surface area contributed by atoms with Gasteiger partial charge in [-0.15, -0.1) is 23.1 Å². The molecule has 5 heteroatoms. The Labute approximate surface area is 111 Å². The minimum atomic E-state index is 0.0758. The molecule has 0 aliphatic carbocycles. The third kappa shape index (κ3) is 6.71. The first kappa shape index (κ1) is 14.5. The van der Waals surface area contributed by atoms with Crippen LogP contribution in [-0.4, -0.2) is 24.1 Å². The van der Waals surface area contributed by atoms with Gasteiger partial charge in [-0.05, 0) is 37.0 Å². The first-order valence-corrected chi connectivity index (χ1v) is 7.96. The molecule has 0 bridgehead atoms. The summed E-state index contributed by atoms with van der Waals surface area (Å²) in [6, 6.07) is 4.19. The number of thioether (sulfide) groups is 1. The van der Waals surface area contributed by atoms with Gasteiger partial charge in [-0.25, -0.2) is 0 Å². The van der Waals surface area contributed by atoms with Gasteiger partial charge in [-0.3, -0.25) is 4.79 Å².